The van der Waals surface area contributed by atoms with Crippen molar-refractivity contribution in [3.05, 3.63) is 0 Å². The Morgan fingerprint density at radius 2 is 0.692 bits per heavy atom. The first-order chi connectivity index (χ1) is 12.9. The van der Waals surface area contributed by atoms with Crippen LogP contribution >= 0.6 is 0 Å². The van der Waals surface area contributed by atoms with Crippen molar-refractivity contribution in [1.82, 2.24) is 0 Å². The molecule has 2 rings (SSSR count). The molecule has 0 atom stereocenters. The standard InChI is InChI=1S/C20H40N2O4/c1-3-7-21(8-4-1)11-13-23-15-17-25-19-20-26-18-16-24-14-12-22-9-5-2-6-10-22/h1-20H2/p+2. The third-order valence-electron chi connectivity index (χ3n) is 5.44. The Morgan fingerprint density at radius 1 is 0.385 bits per heavy atom. The molecule has 0 aromatic rings. The fourth-order valence-corrected chi connectivity index (χ4v) is 3.80. The Labute approximate surface area is 160 Å². The van der Waals surface area contributed by atoms with E-state index in [9.17, 15) is 0 Å². The number of nitrogens with one attached hydrogen (secondary N) is 2. The summed E-state index contributed by atoms with van der Waals surface area (Å²) in [5.74, 6) is 0. The minimum atomic E-state index is 0.638. The lowest BCUT2D eigenvalue weighted by Crippen LogP contribution is -3.13. The van der Waals surface area contributed by atoms with Crippen molar-refractivity contribution in [3.8, 4) is 0 Å². The normalized spacial score (nSPS) is 19.8. The monoisotopic (exact) mass is 374 g/mol. The van der Waals surface area contributed by atoms with Crippen LogP contribution in [0, 0.1) is 0 Å². The van der Waals surface area contributed by atoms with E-state index in [4.69, 9.17) is 18.9 Å². The minimum Gasteiger partial charge on any atom is -0.377 e. The SMILES string of the molecule is C1CC[NH+](CCOCCOCCOCCOCC[NH+]2CCCCC2)CC1. The van der Waals surface area contributed by atoms with Crippen LogP contribution in [-0.2, 0) is 18.9 Å². The van der Waals surface area contributed by atoms with Gasteiger partial charge in [-0.2, -0.15) is 0 Å². The molecule has 0 aromatic carbocycles. The molecular formula is C20H42N2O4+2. The summed E-state index contributed by atoms with van der Waals surface area (Å²) in [7, 11) is 0. The Balaban J connectivity index is 1.22. The quantitative estimate of drug-likeness (QED) is 0.368. The summed E-state index contributed by atoms with van der Waals surface area (Å²) in [5.41, 5.74) is 0. The van der Waals surface area contributed by atoms with E-state index in [0.29, 0.717) is 39.6 Å². The summed E-state index contributed by atoms with van der Waals surface area (Å²) in [6.07, 6.45) is 8.33. The van der Waals surface area contributed by atoms with Gasteiger partial charge in [0.25, 0.3) is 0 Å². The van der Waals surface area contributed by atoms with E-state index in [1.165, 1.54) is 64.7 Å². The summed E-state index contributed by atoms with van der Waals surface area (Å²) >= 11 is 0. The summed E-state index contributed by atoms with van der Waals surface area (Å²) in [4.78, 5) is 3.40. The third kappa shape index (κ3) is 11.5. The van der Waals surface area contributed by atoms with E-state index in [1.807, 2.05) is 0 Å². The second-order valence-electron chi connectivity index (χ2n) is 7.57. The molecule has 6 nitrogen and oxygen atoms in total. The minimum absolute atomic E-state index is 0.638. The van der Waals surface area contributed by atoms with Crippen molar-refractivity contribution >= 4 is 0 Å². The van der Waals surface area contributed by atoms with Gasteiger partial charge in [-0.3, -0.25) is 0 Å². The van der Waals surface area contributed by atoms with Crippen molar-refractivity contribution in [1.29, 1.82) is 0 Å². The predicted octanol–water partition coefficient (Wildman–Crippen LogP) is -0.810. The molecule has 0 saturated carbocycles. The topological polar surface area (TPSA) is 45.8 Å². The molecule has 2 fully saturated rings. The highest BCUT2D eigenvalue weighted by molar-refractivity contribution is 4.46. The molecule has 0 aromatic heterocycles. The largest absolute Gasteiger partial charge is 0.377 e. The van der Waals surface area contributed by atoms with Crippen LogP contribution in [0.15, 0.2) is 0 Å². The maximum Gasteiger partial charge on any atom is 0.101 e. The highest BCUT2D eigenvalue weighted by Gasteiger charge is 2.13. The van der Waals surface area contributed by atoms with Crippen LogP contribution in [0.2, 0.25) is 0 Å². The van der Waals surface area contributed by atoms with Gasteiger partial charge in [-0.1, -0.05) is 0 Å². The first-order valence-corrected chi connectivity index (χ1v) is 10.9. The smallest absolute Gasteiger partial charge is 0.101 e. The molecule has 0 radical (unpaired) electrons. The number of ether oxygens (including phenoxy) is 4. The second-order valence-corrected chi connectivity index (χ2v) is 7.57. The highest BCUT2D eigenvalue weighted by atomic mass is 16.6. The van der Waals surface area contributed by atoms with Gasteiger partial charge in [0.05, 0.1) is 79.0 Å². The number of likely N-dealkylation sites (tertiary alicyclic amines) is 2. The van der Waals surface area contributed by atoms with Crippen LogP contribution in [-0.4, -0.2) is 92.1 Å². The summed E-state index contributed by atoms with van der Waals surface area (Å²) in [6, 6.07) is 0. The summed E-state index contributed by atoms with van der Waals surface area (Å²) in [5, 5.41) is 0. The Hall–Kier alpha value is -0.240. The van der Waals surface area contributed by atoms with Gasteiger partial charge >= 0.3 is 0 Å². The lowest BCUT2D eigenvalue weighted by molar-refractivity contribution is -0.905. The average molecular weight is 375 g/mol. The Kier molecular flexibility index (Phi) is 13.4. The predicted molar refractivity (Wildman–Crippen MR) is 102 cm³/mol. The van der Waals surface area contributed by atoms with Crippen molar-refractivity contribution in [2.24, 2.45) is 0 Å². The third-order valence-corrected chi connectivity index (χ3v) is 5.44. The van der Waals surface area contributed by atoms with Gasteiger partial charge in [0.1, 0.15) is 13.1 Å². The second kappa shape index (κ2) is 15.8. The van der Waals surface area contributed by atoms with Gasteiger partial charge < -0.3 is 28.7 Å². The maximum absolute atomic E-state index is 5.65. The van der Waals surface area contributed by atoms with E-state index < -0.39 is 0 Å². The highest BCUT2D eigenvalue weighted by Crippen LogP contribution is 1.94. The van der Waals surface area contributed by atoms with E-state index in [1.54, 1.807) is 9.80 Å². The summed E-state index contributed by atoms with van der Waals surface area (Å²) in [6.45, 7) is 13.2. The van der Waals surface area contributed by atoms with Crippen LogP contribution in [0.25, 0.3) is 0 Å². The Morgan fingerprint density at radius 3 is 1.04 bits per heavy atom. The molecule has 0 spiro atoms. The van der Waals surface area contributed by atoms with Crippen molar-refractivity contribution < 1.29 is 28.7 Å². The molecule has 6 heteroatoms. The van der Waals surface area contributed by atoms with Crippen molar-refractivity contribution in [2.75, 3.05) is 92.1 Å². The lowest BCUT2D eigenvalue weighted by Gasteiger charge is -2.23. The van der Waals surface area contributed by atoms with Crippen molar-refractivity contribution in [2.45, 2.75) is 38.5 Å². The van der Waals surface area contributed by atoms with Crippen LogP contribution in [0.4, 0.5) is 0 Å². The fraction of sp³-hybridized carbons (Fsp3) is 1.00. The maximum atomic E-state index is 5.65. The molecular weight excluding hydrogens is 332 g/mol. The van der Waals surface area contributed by atoms with E-state index in [2.05, 4.69) is 0 Å². The number of rotatable bonds is 15. The van der Waals surface area contributed by atoms with Gasteiger partial charge in [-0.05, 0) is 38.5 Å². The molecule has 2 aliphatic heterocycles. The number of hydrogen-bond donors (Lipinski definition) is 2. The zero-order valence-corrected chi connectivity index (χ0v) is 16.8. The molecule has 0 bridgehead atoms. The van der Waals surface area contributed by atoms with Crippen molar-refractivity contribution in [3.63, 3.8) is 0 Å². The fourth-order valence-electron chi connectivity index (χ4n) is 3.80. The van der Waals surface area contributed by atoms with Gasteiger partial charge in [0.15, 0.2) is 0 Å². The van der Waals surface area contributed by atoms with Crippen LogP contribution < -0.4 is 9.80 Å². The van der Waals surface area contributed by atoms with Gasteiger partial charge in [-0.15, -0.1) is 0 Å². The molecule has 2 heterocycles. The molecule has 0 amide bonds. The molecule has 2 saturated heterocycles. The molecule has 2 N–H and O–H groups in total. The van der Waals surface area contributed by atoms with Crippen LogP contribution in [0.3, 0.4) is 0 Å². The van der Waals surface area contributed by atoms with Gasteiger partial charge in [0, 0.05) is 0 Å². The zero-order valence-electron chi connectivity index (χ0n) is 16.8. The van der Waals surface area contributed by atoms with Crippen LogP contribution in [0.1, 0.15) is 38.5 Å². The van der Waals surface area contributed by atoms with Gasteiger partial charge in [-0.25, -0.2) is 0 Å². The first-order valence-electron chi connectivity index (χ1n) is 10.9. The molecule has 0 unspecified atom stereocenters. The number of quaternary nitrogens is 2. The zero-order chi connectivity index (χ0) is 18.1. The first kappa shape index (κ1) is 22.1. The summed E-state index contributed by atoms with van der Waals surface area (Å²) < 4.78 is 22.4. The Bertz CT molecular complexity index is 278. The molecule has 154 valence electrons. The van der Waals surface area contributed by atoms with E-state index in [0.717, 1.165) is 26.3 Å². The van der Waals surface area contributed by atoms with Crippen LogP contribution in [0.5, 0.6) is 0 Å². The molecule has 26 heavy (non-hydrogen) atoms. The number of hydrogen-bond acceptors (Lipinski definition) is 4. The molecule has 0 aliphatic carbocycles. The van der Waals surface area contributed by atoms with E-state index in [-0.39, 0.29) is 0 Å². The lowest BCUT2D eigenvalue weighted by atomic mass is 10.1. The van der Waals surface area contributed by atoms with Gasteiger partial charge in [0.2, 0.25) is 0 Å². The molecule has 2 aliphatic rings. The number of piperidine rings is 2. The average Bonchev–Trinajstić information content (AvgIpc) is 2.70. The van der Waals surface area contributed by atoms with E-state index >= 15 is 0 Å².